The minimum atomic E-state index is -2.99. The summed E-state index contributed by atoms with van der Waals surface area (Å²) in [5, 5.41) is 0. The highest BCUT2D eigenvalue weighted by atomic mass is 32.2. The summed E-state index contributed by atoms with van der Waals surface area (Å²) in [5.41, 5.74) is 5.60. The van der Waals surface area contributed by atoms with Gasteiger partial charge < -0.3 is 10.6 Å². The lowest BCUT2D eigenvalue weighted by atomic mass is 9.86. The van der Waals surface area contributed by atoms with E-state index < -0.39 is 15.9 Å². The number of carbonyl (C=O) groups is 1. The van der Waals surface area contributed by atoms with Crippen molar-refractivity contribution in [2.75, 3.05) is 18.1 Å². The first-order chi connectivity index (χ1) is 7.54. The van der Waals surface area contributed by atoms with Crippen LogP contribution in [0.25, 0.3) is 0 Å². The number of rotatable bonds is 1. The molecule has 0 saturated carbocycles. The van der Waals surface area contributed by atoms with Crippen molar-refractivity contribution in [3.8, 4) is 0 Å². The second kappa shape index (κ2) is 4.57. The number of nitrogens with two attached hydrogens (primary N) is 1. The van der Waals surface area contributed by atoms with Crippen molar-refractivity contribution in [1.29, 1.82) is 0 Å². The van der Waals surface area contributed by atoms with Crippen LogP contribution in [-0.2, 0) is 14.6 Å². The van der Waals surface area contributed by atoms with Gasteiger partial charge in [-0.05, 0) is 12.3 Å². The summed E-state index contributed by atoms with van der Waals surface area (Å²) < 4.78 is 22.9. The molecular weight excluding hydrogens is 240 g/mol. The van der Waals surface area contributed by atoms with Gasteiger partial charge in [0.2, 0.25) is 5.91 Å². The van der Waals surface area contributed by atoms with E-state index in [1.165, 1.54) is 0 Å². The molecule has 1 aliphatic rings. The van der Waals surface area contributed by atoms with Crippen molar-refractivity contribution >= 4 is 15.7 Å². The summed E-state index contributed by atoms with van der Waals surface area (Å²) in [6.45, 7) is 7.72. The standard InChI is InChI=1S/C11H22N2O3S/c1-8-7-17(15,16)6-5-13(8)10(14)9(12)11(2,3)4/h8-9H,5-7,12H2,1-4H3. The Labute approximate surface area is 103 Å². The van der Waals surface area contributed by atoms with Crippen molar-refractivity contribution in [3.05, 3.63) is 0 Å². The second-order valence-electron chi connectivity index (χ2n) is 5.84. The Morgan fingerprint density at radius 1 is 1.41 bits per heavy atom. The van der Waals surface area contributed by atoms with Crippen LogP contribution in [0.3, 0.4) is 0 Å². The Bertz CT molecular complexity index is 397. The Morgan fingerprint density at radius 3 is 2.35 bits per heavy atom. The topological polar surface area (TPSA) is 80.5 Å². The molecule has 1 amide bonds. The molecule has 6 heteroatoms. The number of amides is 1. The fourth-order valence-corrected chi connectivity index (χ4v) is 3.43. The number of hydrogen-bond donors (Lipinski definition) is 1. The largest absolute Gasteiger partial charge is 0.337 e. The molecule has 2 atom stereocenters. The molecule has 0 aromatic carbocycles. The van der Waals surface area contributed by atoms with Gasteiger partial charge in [0.15, 0.2) is 9.84 Å². The van der Waals surface area contributed by atoms with Crippen LogP contribution in [0.4, 0.5) is 0 Å². The highest BCUT2D eigenvalue weighted by molar-refractivity contribution is 7.91. The van der Waals surface area contributed by atoms with Crippen LogP contribution in [0, 0.1) is 5.41 Å². The molecule has 0 aliphatic carbocycles. The number of sulfone groups is 1. The smallest absolute Gasteiger partial charge is 0.240 e. The fraction of sp³-hybridized carbons (Fsp3) is 0.909. The van der Waals surface area contributed by atoms with Gasteiger partial charge in [-0.1, -0.05) is 20.8 Å². The van der Waals surface area contributed by atoms with Crippen LogP contribution in [0.15, 0.2) is 0 Å². The average molecular weight is 262 g/mol. The number of hydrogen-bond acceptors (Lipinski definition) is 4. The first kappa shape index (κ1) is 14.4. The maximum Gasteiger partial charge on any atom is 0.240 e. The van der Waals surface area contributed by atoms with Gasteiger partial charge in [-0.2, -0.15) is 0 Å². The van der Waals surface area contributed by atoms with Gasteiger partial charge in [0.25, 0.3) is 0 Å². The van der Waals surface area contributed by atoms with E-state index >= 15 is 0 Å². The third-order valence-corrected chi connectivity index (χ3v) is 4.95. The molecule has 0 aromatic heterocycles. The van der Waals surface area contributed by atoms with E-state index in [1.807, 2.05) is 20.8 Å². The summed E-state index contributed by atoms with van der Waals surface area (Å²) in [5.74, 6) is -0.0740. The summed E-state index contributed by atoms with van der Waals surface area (Å²) in [6.07, 6.45) is 0. The van der Waals surface area contributed by atoms with Crippen LogP contribution >= 0.6 is 0 Å². The molecule has 17 heavy (non-hydrogen) atoms. The quantitative estimate of drug-likeness (QED) is 0.721. The minimum absolute atomic E-state index is 0.0373. The molecule has 2 N–H and O–H groups in total. The van der Waals surface area contributed by atoms with E-state index in [-0.39, 0.29) is 35.4 Å². The van der Waals surface area contributed by atoms with Crippen LogP contribution in [0.2, 0.25) is 0 Å². The van der Waals surface area contributed by atoms with E-state index in [9.17, 15) is 13.2 Å². The van der Waals surface area contributed by atoms with Crippen LogP contribution < -0.4 is 5.73 Å². The van der Waals surface area contributed by atoms with Crippen molar-refractivity contribution in [1.82, 2.24) is 4.90 Å². The molecule has 0 radical (unpaired) electrons. The predicted octanol–water partition coefficient (Wildman–Crippen LogP) is 0.00530. The molecule has 100 valence electrons. The van der Waals surface area contributed by atoms with Gasteiger partial charge >= 0.3 is 0 Å². The van der Waals surface area contributed by atoms with Gasteiger partial charge in [-0.3, -0.25) is 4.79 Å². The van der Waals surface area contributed by atoms with Gasteiger partial charge in [-0.25, -0.2) is 8.42 Å². The van der Waals surface area contributed by atoms with E-state index in [1.54, 1.807) is 11.8 Å². The highest BCUT2D eigenvalue weighted by Gasteiger charge is 2.37. The lowest BCUT2D eigenvalue weighted by Crippen LogP contribution is -2.57. The highest BCUT2D eigenvalue weighted by Crippen LogP contribution is 2.21. The molecule has 0 spiro atoms. The van der Waals surface area contributed by atoms with E-state index in [0.29, 0.717) is 0 Å². The fourth-order valence-electron chi connectivity index (χ4n) is 1.88. The molecule has 1 fully saturated rings. The zero-order valence-corrected chi connectivity index (χ0v) is 11.8. The molecule has 2 unspecified atom stereocenters. The SMILES string of the molecule is CC1CS(=O)(=O)CCN1C(=O)C(N)C(C)(C)C. The first-order valence-corrected chi connectivity index (χ1v) is 7.63. The predicted molar refractivity (Wildman–Crippen MR) is 67.3 cm³/mol. The van der Waals surface area contributed by atoms with Gasteiger partial charge in [-0.15, -0.1) is 0 Å². The van der Waals surface area contributed by atoms with Crippen LogP contribution in [-0.4, -0.2) is 49.4 Å². The summed E-state index contributed by atoms with van der Waals surface area (Å²) in [6, 6.07) is -0.875. The van der Waals surface area contributed by atoms with E-state index in [4.69, 9.17) is 5.73 Å². The molecular formula is C11H22N2O3S. The van der Waals surface area contributed by atoms with Crippen molar-refractivity contribution in [2.24, 2.45) is 11.1 Å². The first-order valence-electron chi connectivity index (χ1n) is 5.81. The Morgan fingerprint density at radius 2 is 1.94 bits per heavy atom. The van der Waals surface area contributed by atoms with E-state index in [2.05, 4.69) is 0 Å². The molecule has 1 rings (SSSR count). The zero-order chi connectivity index (χ0) is 13.4. The van der Waals surface area contributed by atoms with Gasteiger partial charge in [0, 0.05) is 12.6 Å². The molecule has 1 heterocycles. The molecule has 1 aliphatic heterocycles. The van der Waals surface area contributed by atoms with Crippen molar-refractivity contribution < 1.29 is 13.2 Å². The molecule has 0 aromatic rings. The normalized spacial score (nSPS) is 26.6. The molecule has 1 saturated heterocycles. The van der Waals surface area contributed by atoms with E-state index in [0.717, 1.165) is 0 Å². The lowest BCUT2D eigenvalue weighted by Gasteiger charge is -2.37. The van der Waals surface area contributed by atoms with Crippen LogP contribution in [0.5, 0.6) is 0 Å². The second-order valence-corrected chi connectivity index (χ2v) is 8.07. The average Bonchev–Trinajstić information content (AvgIpc) is 2.12. The van der Waals surface area contributed by atoms with Crippen molar-refractivity contribution in [3.63, 3.8) is 0 Å². The maximum absolute atomic E-state index is 12.2. The van der Waals surface area contributed by atoms with Gasteiger partial charge in [0.05, 0.1) is 17.5 Å². The Hall–Kier alpha value is -0.620. The third kappa shape index (κ3) is 3.42. The monoisotopic (exact) mass is 262 g/mol. The Kier molecular flexibility index (Phi) is 3.88. The molecule has 0 bridgehead atoms. The summed E-state index contributed by atoms with van der Waals surface area (Å²) >= 11 is 0. The number of carbonyl (C=O) groups excluding carboxylic acids is 1. The van der Waals surface area contributed by atoms with Gasteiger partial charge in [0.1, 0.15) is 0 Å². The van der Waals surface area contributed by atoms with Crippen LogP contribution in [0.1, 0.15) is 27.7 Å². The summed E-state index contributed by atoms with van der Waals surface area (Å²) in [4.78, 5) is 13.8. The zero-order valence-electron chi connectivity index (χ0n) is 10.9. The maximum atomic E-state index is 12.2. The lowest BCUT2D eigenvalue weighted by molar-refractivity contribution is -0.136. The summed E-state index contributed by atoms with van der Waals surface area (Å²) in [7, 11) is -2.99. The molecule has 5 nitrogen and oxygen atoms in total. The Balaban J connectivity index is 2.79. The third-order valence-electron chi connectivity index (χ3n) is 3.15. The minimum Gasteiger partial charge on any atom is -0.337 e. The van der Waals surface area contributed by atoms with Crippen molar-refractivity contribution in [2.45, 2.75) is 39.8 Å². The number of nitrogens with zero attached hydrogens (tertiary/aromatic N) is 1.